The van der Waals surface area contributed by atoms with E-state index in [-0.39, 0.29) is 30.1 Å². The third-order valence-corrected chi connectivity index (χ3v) is 6.58. The van der Waals surface area contributed by atoms with Crippen LogP contribution in [0.5, 0.6) is 0 Å². The quantitative estimate of drug-likeness (QED) is 0.576. The summed E-state index contributed by atoms with van der Waals surface area (Å²) < 4.78 is 0. The lowest BCUT2D eigenvalue weighted by Crippen LogP contribution is -2.37. The summed E-state index contributed by atoms with van der Waals surface area (Å²) >= 11 is 3.88. The molecule has 1 aliphatic rings. The first-order valence-electron chi connectivity index (χ1n) is 8.68. The topological polar surface area (TPSA) is 79.4 Å². The van der Waals surface area contributed by atoms with Crippen molar-refractivity contribution in [1.29, 1.82) is 0 Å². The molecule has 1 aromatic carbocycles. The Morgan fingerprint density at radius 3 is 2.72 bits per heavy atom. The number of benzene rings is 1. The molecule has 6 nitrogen and oxygen atoms in total. The van der Waals surface area contributed by atoms with Gasteiger partial charge in [-0.2, -0.15) is 11.3 Å². The molecule has 29 heavy (non-hydrogen) atoms. The van der Waals surface area contributed by atoms with Crippen LogP contribution in [0.4, 0.5) is 4.79 Å². The number of thiazole rings is 1. The standard InChI is InChI=1S/C20H15N3O3S3/c24-17(15-12-28-18(22-15)14-6-9-27-11-14)21-7-8-23-19(25)16(29-20(23)26)10-13-4-2-1-3-5-13/h1-6,9-12H,7-8H2,(H,21,24)/b16-10-. The molecule has 0 atom stereocenters. The van der Waals surface area contributed by atoms with Gasteiger partial charge in [-0.05, 0) is 34.8 Å². The van der Waals surface area contributed by atoms with E-state index in [0.29, 0.717) is 10.6 Å². The Hall–Kier alpha value is -2.75. The fourth-order valence-corrected chi connectivity index (χ4v) is 5.04. The van der Waals surface area contributed by atoms with Gasteiger partial charge in [0.05, 0.1) is 4.91 Å². The number of hydrogen-bond acceptors (Lipinski definition) is 7. The lowest BCUT2D eigenvalue weighted by atomic mass is 10.2. The lowest BCUT2D eigenvalue weighted by Gasteiger charge is -2.12. The van der Waals surface area contributed by atoms with Gasteiger partial charge in [0.1, 0.15) is 10.7 Å². The molecule has 9 heteroatoms. The molecule has 3 heterocycles. The number of imide groups is 1. The van der Waals surface area contributed by atoms with Crippen LogP contribution in [0.2, 0.25) is 0 Å². The SMILES string of the molecule is O=C(NCCN1C(=O)S/C(=C\c2ccccc2)C1=O)c1csc(-c2ccsc2)n1. The number of thioether (sulfide) groups is 1. The Kier molecular flexibility index (Phi) is 5.89. The molecular formula is C20H15N3O3S3. The molecule has 3 aromatic rings. The van der Waals surface area contributed by atoms with E-state index in [1.165, 1.54) is 11.3 Å². The summed E-state index contributed by atoms with van der Waals surface area (Å²) in [5, 5.41) is 8.81. The van der Waals surface area contributed by atoms with Gasteiger partial charge >= 0.3 is 0 Å². The van der Waals surface area contributed by atoms with Gasteiger partial charge in [-0.15, -0.1) is 11.3 Å². The van der Waals surface area contributed by atoms with Gasteiger partial charge in [0.2, 0.25) is 0 Å². The second kappa shape index (κ2) is 8.73. The van der Waals surface area contributed by atoms with Gasteiger partial charge in [-0.25, -0.2) is 4.98 Å². The first-order valence-corrected chi connectivity index (χ1v) is 11.3. The summed E-state index contributed by atoms with van der Waals surface area (Å²) in [5.41, 5.74) is 2.17. The van der Waals surface area contributed by atoms with Crippen LogP contribution in [0.3, 0.4) is 0 Å². The number of carbonyl (C=O) groups excluding carboxylic acids is 3. The third kappa shape index (κ3) is 4.47. The predicted molar refractivity (Wildman–Crippen MR) is 117 cm³/mol. The minimum atomic E-state index is -0.341. The third-order valence-electron chi connectivity index (χ3n) is 4.10. The molecule has 1 N–H and O–H groups in total. The Morgan fingerprint density at radius 1 is 1.14 bits per heavy atom. The molecule has 2 aromatic heterocycles. The fraction of sp³-hybridized carbons (Fsp3) is 0.100. The normalized spacial score (nSPS) is 15.3. The van der Waals surface area contributed by atoms with Crippen LogP contribution in [-0.4, -0.2) is 40.0 Å². The van der Waals surface area contributed by atoms with Gasteiger partial charge < -0.3 is 5.32 Å². The van der Waals surface area contributed by atoms with Crippen molar-refractivity contribution in [2.24, 2.45) is 0 Å². The van der Waals surface area contributed by atoms with E-state index in [0.717, 1.165) is 32.8 Å². The summed E-state index contributed by atoms with van der Waals surface area (Å²) in [6.45, 7) is 0.283. The molecule has 146 valence electrons. The maximum Gasteiger partial charge on any atom is 0.293 e. The van der Waals surface area contributed by atoms with E-state index >= 15 is 0 Å². The zero-order valence-electron chi connectivity index (χ0n) is 15.0. The van der Waals surface area contributed by atoms with Crippen LogP contribution in [0, 0.1) is 0 Å². The fourth-order valence-electron chi connectivity index (χ4n) is 2.66. The van der Waals surface area contributed by atoms with Crippen molar-refractivity contribution in [1.82, 2.24) is 15.2 Å². The van der Waals surface area contributed by atoms with E-state index in [9.17, 15) is 14.4 Å². The zero-order valence-corrected chi connectivity index (χ0v) is 17.5. The van der Waals surface area contributed by atoms with Crippen molar-refractivity contribution in [2.45, 2.75) is 0 Å². The minimum Gasteiger partial charge on any atom is -0.349 e. The van der Waals surface area contributed by atoms with Gasteiger partial charge in [-0.3, -0.25) is 19.3 Å². The van der Waals surface area contributed by atoms with Gasteiger partial charge in [-0.1, -0.05) is 30.3 Å². The molecule has 0 radical (unpaired) electrons. The first-order chi connectivity index (χ1) is 14.1. The zero-order chi connectivity index (χ0) is 20.2. The average Bonchev–Trinajstić information content (AvgIpc) is 3.46. The van der Waals surface area contributed by atoms with Crippen molar-refractivity contribution in [3.05, 3.63) is 68.7 Å². The summed E-state index contributed by atoms with van der Waals surface area (Å²) in [6, 6.07) is 11.3. The molecule has 0 unspecified atom stereocenters. The molecule has 1 fully saturated rings. The molecule has 0 aliphatic carbocycles. The van der Waals surface area contributed by atoms with Crippen molar-refractivity contribution < 1.29 is 14.4 Å². The van der Waals surface area contributed by atoms with Crippen molar-refractivity contribution in [2.75, 3.05) is 13.1 Å². The molecule has 3 amide bonds. The number of carbonyl (C=O) groups is 3. The monoisotopic (exact) mass is 441 g/mol. The Balaban J connectivity index is 1.33. The number of nitrogens with zero attached hydrogens (tertiary/aromatic N) is 2. The van der Waals surface area contributed by atoms with E-state index < -0.39 is 0 Å². The van der Waals surface area contributed by atoms with Crippen LogP contribution in [-0.2, 0) is 4.79 Å². The maximum absolute atomic E-state index is 12.5. The molecule has 0 saturated carbocycles. The summed E-state index contributed by atoms with van der Waals surface area (Å²) in [5.74, 6) is -0.666. The first kappa shape index (κ1) is 19.6. The number of thiophene rings is 1. The number of rotatable bonds is 6. The lowest BCUT2D eigenvalue weighted by molar-refractivity contribution is -0.122. The smallest absolute Gasteiger partial charge is 0.293 e. The largest absolute Gasteiger partial charge is 0.349 e. The highest BCUT2D eigenvalue weighted by Gasteiger charge is 2.34. The number of amides is 3. The highest BCUT2D eigenvalue weighted by Crippen LogP contribution is 2.31. The van der Waals surface area contributed by atoms with Crippen molar-refractivity contribution in [3.63, 3.8) is 0 Å². The van der Waals surface area contributed by atoms with E-state index in [1.54, 1.807) is 22.8 Å². The highest BCUT2D eigenvalue weighted by atomic mass is 32.2. The van der Waals surface area contributed by atoms with Crippen LogP contribution in [0.15, 0.2) is 57.4 Å². The second-order valence-corrected chi connectivity index (χ2v) is 8.68. The average molecular weight is 442 g/mol. The van der Waals surface area contributed by atoms with Crippen LogP contribution in [0.25, 0.3) is 16.6 Å². The van der Waals surface area contributed by atoms with E-state index in [4.69, 9.17) is 0 Å². The Morgan fingerprint density at radius 2 is 1.97 bits per heavy atom. The number of nitrogens with one attached hydrogen (secondary N) is 1. The van der Waals surface area contributed by atoms with E-state index in [2.05, 4.69) is 10.3 Å². The van der Waals surface area contributed by atoms with Crippen molar-refractivity contribution in [3.8, 4) is 10.6 Å². The summed E-state index contributed by atoms with van der Waals surface area (Å²) in [7, 11) is 0. The minimum absolute atomic E-state index is 0.115. The van der Waals surface area contributed by atoms with Crippen LogP contribution < -0.4 is 5.32 Å². The summed E-state index contributed by atoms with van der Waals surface area (Å²) in [6.07, 6.45) is 1.70. The molecule has 1 aliphatic heterocycles. The summed E-state index contributed by atoms with van der Waals surface area (Å²) in [4.78, 5) is 42.8. The Labute approximate surface area is 179 Å². The predicted octanol–water partition coefficient (Wildman–Crippen LogP) is 4.34. The molecular weight excluding hydrogens is 426 g/mol. The maximum atomic E-state index is 12.5. The highest BCUT2D eigenvalue weighted by molar-refractivity contribution is 8.18. The number of hydrogen-bond donors (Lipinski definition) is 1. The molecule has 1 saturated heterocycles. The number of aromatic nitrogens is 1. The van der Waals surface area contributed by atoms with Crippen molar-refractivity contribution >= 4 is 57.6 Å². The molecule has 0 spiro atoms. The van der Waals surface area contributed by atoms with Gasteiger partial charge in [0.25, 0.3) is 17.1 Å². The van der Waals surface area contributed by atoms with E-state index in [1.807, 2.05) is 47.2 Å². The van der Waals surface area contributed by atoms with Crippen LogP contribution in [0.1, 0.15) is 16.1 Å². The molecule has 4 rings (SSSR count). The second-order valence-electron chi connectivity index (χ2n) is 6.05. The van der Waals surface area contributed by atoms with Gasteiger partial charge in [0.15, 0.2) is 0 Å². The van der Waals surface area contributed by atoms with Crippen LogP contribution >= 0.6 is 34.4 Å². The van der Waals surface area contributed by atoms with Gasteiger partial charge in [0, 0.05) is 29.4 Å². The Bertz CT molecular complexity index is 1070. The molecule has 0 bridgehead atoms.